The van der Waals surface area contributed by atoms with Gasteiger partial charge in [-0.15, -0.1) is 0 Å². The first-order chi connectivity index (χ1) is 15.9. The van der Waals surface area contributed by atoms with Crippen LogP contribution in [0.5, 0.6) is 0 Å². The van der Waals surface area contributed by atoms with E-state index in [0.717, 1.165) is 23.2 Å². The molecule has 2 aromatic carbocycles. The molecule has 0 saturated carbocycles. The van der Waals surface area contributed by atoms with E-state index >= 15 is 0 Å². The van der Waals surface area contributed by atoms with Crippen LogP contribution in [-0.4, -0.2) is 28.9 Å². The Kier molecular flexibility index (Phi) is 11.5. The number of benzene rings is 2. The SMILES string of the molecule is CCCCCCCC[C@H](Nc1ccccc1)[C@H](C)c1ccccc1C(=O)N(C(C)C)C(C)C. The number of carbonyl (C=O) groups excluding carboxylic acids is 1. The molecule has 0 aliphatic carbocycles. The molecule has 182 valence electrons. The monoisotopic (exact) mass is 450 g/mol. The van der Waals surface area contributed by atoms with Crippen LogP contribution < -0.4 is 5.32 Å². The van der Waals surface area contributed by atoms with Crippen molar-refractivity contribution in [1.29, 1.82) is 0 Å². The largest absolute Gasteiger partial charge is 0.382 e. The fourth-order valence-electron chi connectivity index (χ4n) is 4.85. The second kappa shape index (κ2) is 14.1. The highest BCUT2D eigenvalue weighted by atomic mass is 16.2. The van der Waals surface area contributed by atoms with Crippen molar-refractivity contribution in [2.45, 2.75) is 111 Å². The van der Waals surface area contributed by atoms with Gasteiger partial charge in [0, 0.05) is 35.3 Å². The molecule has 0 aromatic heterocycles. The van der Waals surface area contributed by atoms with Gasteiger partial charge < -0.3 is 10.2 Å². The molecule has 0 aliphatic heterocycles. The molecule has 33 heavy (non-hydrogen) atoms. The summed E-state index contributed by atoms with van der Waals surface area (Å²) in [6.45, 7) is 12.9. The van der Waals surface area contributed by atoms with E-state index in [1.165, 1.54) is 38.5 Å². The Balaban J connectivity index is 2.25. The van der Waals surface area contributed by atoms with Gasteiger partial charge in [0.25, 0.3) is 5.91 Å². The van der Waals surface area contributed by atoms with Crippen molar-refractivity contribution in [2.75, 3.05) is 5.32 Å². The van der Waals surface area contributed by atoms with Gasteiger partial charge in [0.15, 0.2) is 0 Å². The van der Waals surface area contributed by atoms with Crippen molar-refractivity contribution < 1.29 is 4.79 Å². The number of nitrogens with one attached hydrogen (secondary N) is 1. The molecule has 2 rings (SSSR count). The Hall–Kier alpha value is -2.29. The number of hydrogen-bond acceptors (Lipinski definition) is 2. The lowest BCUT2D eigenvalue weighted by Gasteiger charge is -2.33. The molecule has 0 unspecified atom stereocenters. The zero-order valence-corrected chi connectivity index (χ0v) is 21.8. The maximum absolute atomic E-state index is 13.6. The molecule has 2 atom stereocenters. The molecule has 0 fully saturated rings. The van der Waals surface area contributed by atoms with Crippen LogP contribution in [0.3, 0.4) is 0 Å². The normalized spacial score (nSPS) is 13.2. The van der Waals surface area contributed by atoms with Crippen LogP contribution in [-0.2, 0) is 0 Å². The zero-order valence-electron chi connectivity index (χ0n) is 21.8. The van der Waals surface area contributed by atoms with Gasteiger partial charge in [0.2, 0.25) is 0 Å². The van der Waals surface area contributed by atoms with Gasteiger partial charge in [-0.2, -0.15) is 0 Å². The highest BCUT2D eigenvalue weighted by Gasteiger charge is 2.27. The smallest absolute Gasteiger partial charge is 0.254 e. The quantitative estimate of drug-likeness (QED) is 0.294. The summed E-state index contributed by atoms with van der Waals surface area (Å²) < 4.78 is 0. The fourth-order valence-corrected chi connectivity index (χ4v) is 4.85. The molecule has 0 spiro atoms. The minimum atomic E-state index is 0.139. The standard InChI is InChI=1S/C30H46N2O/c1-7-8-9-10-11-15-22-29(31-26-18-13-12-14-19-26)25(6)27-20-16-17-21-28(27)30(33)32(23(2)3)24(4)5/h12-14,16-21,23-25,29,31H,7-11,15,22H2,1-6H3/t25-,29+/m1/s1. The minimum absolute atomic E-state index is 0.139. The maximum Gasteiger partial charge on any atom is 0.254 e. The summed E-state index contributed by atoms with van der Waals surface area (Å²) in [6.07, 6.45) is 8.84. The molecule has 0 radical (unpaired) electrons. The molecule has 1 N–H and O–H groups in total. The predicted octanol–water partition coefficient (Wildman–Crippen LogP) is 8.28. The number of hydrogen-bond donors (Lipinski definition) is 1. The van der Waals surface area contributed by atoms with Crippen LogP contribution in [0.2, 0.25) is 0 Å². The van der Waals surface area contributed by atoms with E-state index in [2.05, 4.69) is 89.3 Å². The number of nitrogens with zero attached hydrogens (tertiary/aromatic N) is 1. The summed E-state index contributed by atoms with van der Waals surface area (Å²) in [7, 11) is 0. The molecule has 1 amide bonds. The van der Waals surface area contributed by atoms with Gasteiger partial charge in [-0.05, 0) is 57.9 Å². The highest BCUT2D eigenvalue weighted by Crippen LogP contribution is 2.30. The molecule has 2 aromatic rings. The summed E-state index contributed by atoms with van der Waals surface area (Å²) in [5, 5.41) is 3.80. The van der Waals surface area contributed by atoms with Crippen molar-refractivity contribution in [3.05, 3.63) is 65.7 Å². The molecule has 0 aliphatic rings. The zero-order chi connectivity index (χ0) is 24.2. The molecule has 0 heterocycles. The molecular weight excluding hydrogens is 404 g/mol. The number of unbranched alkanes of at least 4 members (excludes halogenated alkanes) is 5. The third kappa shape index (κ3) is 8.21. The van der Waals surface area contributed by atoms with Crippen molar-refractivity contribution in [3.8, 4) is 0 Å². The van der Waals surface area contributed by atoms with Crippen LogP contribution in [0.15, 0.2) is 54.6 Å². The lowest BCUT2D eigenvalue weighted by molar-refractivity contribution is 0.0642. The summed E-state index contributed by atoms with van der Waals surface area (Å²) in [5.74, 6) is 0.364. The number of para-hydroxylation sites is 1. The number of rotatable bonds is 14. The first-order valence-electron chi connectivity index (χ1n) is 13.1. The summed E-state index contributed by atoms with van der Waals surface area (Å²) >= 11 is 0. The minimum Gasteiger partial charge on any atom is -0.382 e. The topological polar surface area (TPSA) is 32.3 Å². The average Bonchev–Trinajstić information content (AvgIpc) is 2.80. The van der Waals surface area contributed by atoms with E-state index in [1.807, 2.05) is 17.0 Å². The van der Waals surface area contributed by atoms with E-state index in [1.54, 1.807) is 0 Å². The fraction of sp³-hybridized carbons (Fsp3) is 0.567. The van der Waals surface area contributed by atoms with Crippen LogP contribution >= 0.6 is 0 Å². The van der Waals surface area contributed by atoms with Crippen molar-refractivity contribution in [2.24, 2.45) is 0 Å². The Morgan fingerprint density at radius 2 is 1.36 bits per heavy atom. The third-order valence-corrected chi connectivity index (χ3v) is 6.63. The van der Waals surface area contributed by atoms with Crippen LogP contribution in [0.25, 0.3) is 0 Å². The Morgan fingerprint density at radius 3 is 2.00 bits per heavy atom. The van der Waals surface area contributed by atoms with E-state index in [9.17, 15) is 4.79 Å². The number of amides is 1. The van der Waals surface area contributed by atoms with Crippen molar-refractivity contribution in [1.82, 2.24) is 4.90 Å². The Labute approximate surface area is 203 Å². The predicted molar refractivity (Wildman–Crippen MR) is 143 cm³/mol. The van der Waals surface area contributed by atoms with Crippen molar-refractivity contribution in [3.63, 3.8) is 0 Å². The third-order valence-electron chi connectivity index (χ3n) is 6.63. The Morgan fingerprint density at radius 1 is 0.788 bits per heavy atom. The lowest BCUT2D eigenvalue weighted by atomic mass is 9.86. The van der Waals surface area contributed by atoms with Gasteiger partial charge in [0.1, 0.15) is 0 Å². The average molecular weight is 451 g/mol. The lowest BCUT2D eigenvalue weighted by Crippen LogP contribution is -2.42. The van der Waals surface area contributed by atoms with Gasteiger partial charge in [-0.25, -0.2) is 0 Å². The number of carbonyl (C=O) groups is 1. The van der Waals surface area contributed by atoms with Crippen LogP contribution in [0.4, 0.5) is 5.69 Å². The molecule has 0 saturated heterocycles. The molecule has 0 bridgehead atoms. The van der Waals surface area contributed by atoms with E-state index in [-0.39, 0.29) is 30.0 Å². The van der Waals surface area contributed by atoms with Crippen molar-refractivity contribution >= 4 is 11.6 Å². The van der Waals surface area contributed by atoms with Gasteiger partial charge >= 0.3 is 0 Å². The van der Waals surface area contributed by atoms with Gasteiger partial charge in [0.05, 0.1) is 0 Å². The van der Waals surface area contributed by atoms with Crippen LogP contribution in [0, 0.1) is 0 Å². The van der Waals surface area contributed by atoms with E-state index in [4.69, 9.17) is 0 Å². The van der Waals surface area contributed by atoms with Gasteiger partial charge in [-0.3, -0.25) is 4.79 Å². The maximum atomic E-state index is 13.6. The van der Waals surface area contributed by atoms with E-state index in [0.29, 0.717) is 0 Å². The second-order valence-corrected chi connectivity index (χ2v) is 9.95. The summed E-state index contributed by atoms with van der Waals surface area (Å²) in [4.78, 5) is 15.6. The highest BCUT2D eigenvalue weighted by molar-refractivity contribution is 5.96. The Bertz CT molecular complexity index is 807. The van der Waals surface area contributed by atoms with Crippen LogP contribution in [0.1, 0.15) is 108 Å². The van der Waals surface area contributed by atoms with E-state index < -0.39 is 0 Å². The second-order valence-electron chi connectivity index (χ2n) is 9.95. The molecule has 3 nitrogen and oxygen atoms in total. The molecule has 3 heteroatoms. The molecular formula is C30H46N2O. The first kappa shape index (κ1) is 27.0. The summed E-state index contributed by atoms with van der Waals surface area (Å²) in [5.41, 5.74) is 3.14. The first-order valence-corrected chi connectivity index (χ1v) is 13.1. The summed E-state index contributed by atoms with van der Waals surface area (Å²) in [6, 6.07) is 19.3. The number of anilines is 1. The van der Waals surface area contributed by atoms with Gasteiger partial charge in [-0.1, -0.05) is 88.8 Å².